The van der Waals surface area contributed by atoms with Crippen molar-refractivity contribution in [1.82, 2.24) is 5.32 Å². The molecule has 19 heavy (non-hydrogen) atoms. The van der Waals surface area contributed by atoms with Crippen LogP contribution in [0.1, 0.15) is 53.9 Å². The van der Waals surface area contributed by atoms with E-state index in [2.05, 4.69) is 33.0 Å². The quantitative estimate of drug-likeness (QED) is 0.461. The first-order chi connectivity index (χ1) is 8.53. The maximum atomic E-state index is 11.3. The number of ether oxygens (including phenoxy) is 1. The molecule has 0 aromatic carbocycles. The molecule has 0 aromatic rings. The fourth-order valence-corrected chi connectivity index (χ4v) is 3.31. The van der Waals surface area contributed by atoms with E-state index < -0.39 is 11.7 Å². The minimum atomic E-state index is -1.07. The van der Waals surface area contributed by atoms with Gasteiger partial charge in [0.1, 0.15) is 0 Å². The number of nitrogens with two attached hydrogens (primary N) is 1. The zero-order valence-electron chi connectivity index (χ0n) is 12.5. The summed E-state index contributed by atoms with van der Waals surface area (Å²) in [5.41, 5.74) is 5.05. The van der Waals surface area contributed by atoms with Crippen molar-refractivity contribution in [3.63, 3.8) is 0 Å². The highest BCUT2D eigenvalue weighted by molar-refractivity contribution is 5.86. The Hall–Kier alpha value is -1.12. The Labute approximate surface area is 115 Å². The standard InChI is InChI=1S/C14H25N3O2/c1-6-14(16,19-11(18)9-15)10-7-12(2,3)17-13(4,5)8-10/h10,17H,6-8,16H2,1-5H3. The molecule has 5 nitrogen and oxygen atoms in total. The number of nitrogens with one attached hydrogen (secondary N) is 1. The summed E-state index contributed by atoms with van der Waals surface area (Å²) in [4.78, 5) is 11.3. The normalized spacial score (nSPS) is 25.1. The van der Waals surface area contributed by atoms with Gasteiger partial charge in [0.25, 0.3) is 0 Å². The number of carbonyl (C=O) groups is 1. The Balaban J connectivity index is 2.97. The first kappa shape index (κ1) is 15.9. The topological polar surface area (TPSA) is 88.1 Å². The molecule has 0 bridgehead atoms. The molecule has 3 N–H and O–H groups in total. The lowest BCUT2D eigenvalue weighted by Crippen LogP contribution is -2.64. The van der Waals surface area contributed by atoms with E-state index in [9.17, 15) is 4.79 Å². The third kappa shape index (κ3) is 3.92. The summed E-state index contributed by atoms with van der Waals surface area (Å²) in [5, 5.41) is 12.2. The van der Waals surface area contributed by atoms with E-state index in [-0.39, 0.29) is 17.0 Å². The summed E-state index contributed by atoms with van der Waals surface area (Å²) in [6.45, 7) is 10.3. The molecule has 0 saturated carbocycles. The number of nitriles is 1. The summed E-state index contributed by atoms with van der Waals surface area (Å²) < 4.78 is 5.21. The van der Waals surface area contributed by atoms with E-state index in [1.54, 1.807) is 0 Å². The van der Waals surface area contributed by atoms with Gasteiger partial charge in [0, 0.05) is 17.0 Å². The van der Waals surface area contributed by atoms with Gasteiger partial charge >= 0.3 is 5.97 Å². The lowest BCUT2D eigenvalue weighted by molar-refractivity contribution is -0.164. The second-order valence-corrected chi connectivity index (χ2v) is 6.81. The first-order valence-electron chi connectivity index (χ1n) is 6.75. The van der Waals surface area contributed by atoms with Crippen molar-refractivity contribution in [3.05, 3.63) is 0 Å². The highest BCUT2D eigenvalue weighted by Gasteiger charge is 2.47. The van der Waals surface area contributed by atoms with Gasteiger partial charge in [-0.2, -0.15) is 5.26 Å². The predicted molar refractivity (Wildman–Crippen MR) is 72.9 cm³/mol. The van der Waals surface area contributed by atoms with Crippen molar-refractivity contribution < 1.29 is 9.53 Å². The van der Waals surface area contributed by atoms with Crippen molar-refractivity contribution in [2.75, 3.05) is 0 Å². The molecule has 1 aliphatic rings. The third-order valence-electron chi connectivity index (χ3n) is 3.81. The molecule has 5 heteroatoms. The van der Waals surface area contributed by atoms with Gasteiger partial charge in [0.2, 0.25) is 0 Å². The first-order valence-corrected chi connectivity index (χ1v) is 6.75. The average molecular weight is 267 g/mol. The Morgan fingerprint density at radius 3 is 2.26 bits per heavy atom. The van der Waals surface area contributed by atoms with Crippen LogP contribution in [0.25, 0.3) is 0 Å². The molecule has 0 amide bonds. The molecule has 0 radical (unpaired) electrons. The van der Waals surface area contributed by atoms with Gasteiger partial charge in [-0.25, -0.2) is 4.79 Å². The zero-order chi connectivity index (χ0) is 14.9. The predicted octanol–water partition coefficient (Wildman–Crippen LogP) is 1.67. The molecule has 1 rings (SSSR count). The maximum absolute atomic E-state index is 11.3. The van der Waals surface area contributed by atoms with Crippen molar-refractivity contribution in [2.45, 2.75) is 70.7 Å². The van der Waals surface area contributed by atoms with E-state index >= 15 is 0 Å². The van der Waals surface area contributed by atoms with Crippen LogP contribution in [0.5, 0.6) is 0 Å². The van der Waals surface area contributed by atoms with E-state index in [0.717, 1.165) is 12.8 Å². The Morgan fingerprint density at radius 2 is 1.89 bits per heavy atom. The van der Waals surface area contributed by atoms with Gasteiger partial charge in [-0.3, -0.25) is 5.73 Å². The molecule has 1 fully saturated rings. The number of rotatable bonds is 3. The minimum absolute atomic E-state index is 0.0287. The number of piperidine rings is 1. The van der Waals surface area contributed by atoms with Crippen LogP contribution in [0.2, 0.25) is 0 Å². The summed E-state index contributed by atoms with van der Waals surface area (Å²) in [6, 6.07) is 1.48. The highest BCUT2D eigenvalue weighted by atomic mass is 16.6. The van der Waals surface area contributed by atoms with Crippen LogP contribution >= 0.6 is 0 Å². The monoisotopic (exact) mass is 267 g/mol. The van der Waals surface area contributed by atoms with Gasteiger partial charge < -0.3 is 10.1 Å². The zero-order valence-corrected chi connectivity index (χ0v) is 12.5. The van der Waals surface area contributed by atoms with Crippen LogP contribution in [0, 0.1) is 17.2 Å². The molecule has 0 aliphatic carbocycles. The van der Waals surface area contributed by atoms with Crippen molar-refractivity contribution >= 4 is 5.97 Å². The average Bonchev–Trinajstić information content (AvgIpc) is 2.24. The lowest BCUT2D eigenvalue weighted by atomic mass is 9.71. The molecule has 108 valence electrons. The van der Waals surface area contributed by atoms with Gasteiger partial charge in [0.15, 0.2) is 11.8 Å². The van der Waals surface area contributed by atoms with Crippen LogP contribution in [-0.2, 0) is 9.53 Å². The molecule has 1 heterocycles. The van der Waals surface area contributed by atoms with E-state index in [1.165, 1.54) is 6.07 Å². The van der Waals surface area contributed by atoms with Gasteiger partial charge in [0.05, 0.1) is 0 Å². The molecular formula is C14H25N3O2. The van der Waals surface area contributed by atoms with E-state index in [0.29, 0.717) is 6.42 Å². The van der Waals surface area contributed by atoms with Gasteiger partial charge in [-0.1, -0.05) is 6.92 Å². The summed E-state index contributed by atoms with van der Waals surface area (Å²) in [7, 11) is 0. The minimum Gasteiger partial charge on any atom is -0.433 e. The number of esters is 1. The molecule has 1 aliphatic heterocycles. The molecule has 1 unspecified atom stereocenters. The van der Waals surface area contributed by atoms with E-state index in [1.807, 2.05) is 6.92 Å². The van der Waals surface area contributed by atoms with Crippen LogP contribution in [0.4, 0.5) is 0 Å². The molecule has 1 saturated heterocycles. The van der Waals surface area contributed by atoms with Crippen LogP contribution in [0.15, 0.2) is 0 Å². The molecular weight excluding hydrogens is 242 g/mol. The highest BCUT2D eigenvalue weighted by Crippen LogP contribution is 2.39. The van der Waals surface area contributed by atoms with Crippen LogP contribution in [-0.4, -0.2) is 22.8 Å². The van der Waals surface area contributed by atoms with Gasteiger partial charge in [-0.15, -0.1) is 0 Å². The molecule has 0 aromatic heterocycles. The Morgan fingerprint density at radius 1 is 1.42 bits per heavy atom. The smallest absolute Gasteiger partial charge is 0.412 e. The maximum Gasteiger partial charge on any atom is 0.412 e. The summed E-state index contributed by atoms with van der Waals surface area (Å²) >= 11 is 0. The molecule has 0 spiro atoms. The van der Waals surface area contributed by atoms with Crippen molar-refractivity contribution in [1.29, 1.82) is 5.26 Å². The number of carbonyl (C=O) groups excluding carboxylic acids is 1. The van der Waals surface area contributed by atoms with Crippen LogP contribution < -0.4 is 11.1 Å². The number of nitrogens with zero attached hydrogens (tertiary/aromatic N) is 1. The van der Waals surface area contributed by atoms with Crippen molar-refractivity contribution in [3.8, 4) is 6.07 Å². The largest absolute Gasteiger partial charge is 0.433 e. The third-order valence-corrected chi connectivity index (χ3v) is 3.81. The summed E-state index contributed by atoms with van der Waals surface area (Å²) in [6.07, 6.45) is 2.11. The summed E-state index contributed by atoms with van der Waals surface area (Å²) in [5.74, 6) is -0.875. The number of hydrogen-bond acceptors (Lipinski definition) is 5. The fourth-order valence-electron chi connectivity index (χ4n) is 3.31. The fraction of sp³-hybridized carbons (Fsp3) is 0.857. The SMILES string of the molecule is CCC(N)(OC(=O)C#N)C1CC(C)(C)NC(C)(C)C1. The second kappa shape index (κ2) is 5.10. The number of hydrogen-bond donors (Lipinski definition) is 2. The Bertz CT molecular complexity index is 382. The lowest BCUT2D eigenvalue weighted by Gasteiger charge is -2.50. The Kier molecular flexibility index (Phi) is 4.28. The van der Waals surface area contributed by atoms with Gasteiger partial charge in [-0.05, 0) is 47.0 Å². The second-order valence-electron chi connectivity index (χ2n) is 6.81. The molecule has 1 atom stereocenters. The van der Waals surface area contributed by atoms with Crippen LogP contribution in [0.3, 0.4) is 0 Å². The van der Waals surface area contributed by atoms with Crippen molar-refractivity contribution in [2.24, 2.45) is 11.7 Å². The van der Waals surface area contributed by atoms with E-state index in [4.69, 9.17) is 15.7 Å².